The van der Waals surface area contributed by atoms with Crippen LogP contribution in [0.1, 0.15) is 25.7 Å². The molecule has 0 aliphatic heterocycles. The van der Waals surface area contributed by atoms with Crippen molar-refractivity contribution in [1.82, 2.24) is 0 Å². The van der Waals surface area contributed by atoms with Crippen molar-refractivity contribution in [3.8, 4) is 0 Å². The summed E-state index contributed by atoms with van der Waals surface area (Å²) < 4.78 is 5.45. The molecule has 5 heteroatoms. The van der Waals surface area contributed by atoms with Crippen molar-refractivity contribution in [1.29, 1.82) is 0 Å². The van der Waals surface area contributed by atoms with Gasteiger partial charge in [-0.25, -0.2) is 0 Å². The van der Waals surface area contributed by atoms with Crippen molar-refractivity contribution in [2.24, 2.45) is 5.92 Å². The van der Waals surface area contributed by atoms with Crippen LogP contribution in [0, 0.1) is 5.92 Å². The number of aliphatic carboxylic acids is 1. The van der Waals surface area contributed by atoms with E-state index in [9.17, 15) is 14.7 Å². The smallest absolute Gasteiger partial charge is 0.316 e. The van der Waals surface area contributed by atoms with Gasteiger partial charge >= 0.3 is 5.97 Å². The van der Waals surface area contributed by atoms with E-state index in [0.29, 0.717) is 30.1 Å². The molecule has 0 unspecified atom stereocenters. The number of carboxylic acid groups (broad SMARTS) is 1. The van der Waals surface area contributed by atoms with E-state index in [-0.39, 0.29) is 18.0 Å². The number of carboxylic acids is 1. The van der Waals surface area contributed by atoms with Gasteiger partial charge in [0.1, 0.15) is 6.10 Å². The summed E-state index contributed by atoms with van der Waals surface area (Å²) in [6, 6.07) is 0. The lowest BCUT2D eigenvalue weighted by Crippen LogP contribution is -2.35. The highest BCUT2D eigenvalue weighted by Gasteiger charge is 2.23. The maximum absolute atomic E-state index is 10.9. The third kappa shape index (κ3) is 3.43. The summed E-state index contributed by atoms with van der Waals surface area (Å²) >= 11 is 1.95. The van der Waals surface area contributed by atoms with Gasteiger partial charge in [0.25, 0.3) is 0 Å². The average molecular weight is 311 g/mol. The van der Waals surface area contributed by atoms with Crippen LogP contribution in [0.3, 0.4) is 0 Å². The molecule has 0 aromatic rings. The van der Waals surface area contributed by atoms with Gasteiger partial charge in [-0.2, -0.15) is 0 Å². The highest BCUT2D eigenvalue weighted by Crippen LogP contribution is 2.25. The number of ether oxygens (including phenoxy) is 1. The van der Waals surface area contributed by atoms with Crippen LogP contribution in [-0.2, 0) is 14.3 Å². The second-order valence-electron chi connectivity index (χ2n) is 3.42. The molecule has 14 heavy (non-hydrogen) atoms. The van der Waals surface area contributed by atoms with Crippen LogP contribution in [0.25, 0.3) is 0 Å². The summed E-state index contributed by atoms with van der Waals surface area (Å²) in [5.41, 5.74) is 0. The van der Waals surface area contributed by atoms with E-state index < -0.39 is 5.97 Å². The van der Waals surface area contributed by atoms with Crippen molar-refractivity contribution >= 4 is 34.5 Å². The van der Waals surface area contributed by atoms with Crippen molar-refractivity contribution in [3.05, 3.63) is 0 Å². The molecule has 80 valence electrons. The summed E-state index contributed by atoms with van der Waals surface area (Å²) in [5, 5.41) is 10.5. The Labute approximate surface area is 96.1 Å². The van der Waals surface area contributed by atoms with Crippen LogP contribution in [-0.4, -0.2) is 22.5 Å². The molecule has 1 saturated carbocycles. The summed E-state index contributed by atoms with van der Waals surface area (Å²) in [5.74, 6) is -1.56. The molecule has 1 fully saturated rings. The van der Waals surface area contributed by atoms with Crippen LogP contribution < -0.4 is 5.11 Å². The molecule has 1 aliphatic carbocycles. The van der Waals surface area contributed by atoms with Gasteiger partial charge in [0.2, 0.25) is 0 Å². The van der Waals surface area contributed by atoms with Gasteiger partial charge in [-0.3, -0.25) is 4.79 Å². The van der Waals surface area contributed by atoms with Crippen LogP contribution in [0.5, 0.6) is 0 Å². The van der Waals surface area contributed by atoms with Gasteiger partial charge in [0.15, 0.2) is 0 Å². The van der Waals surface area contributed by atoms with E-state index >= 15 is 0 Å². The Balaban J connectivity index is 2.29. The Hall–Kier alpha value is -0.330. The van der Waals surface area contributed by atoms with Gasteiger partial charge in [-0.1, -0.05) is 22.6 Å². The molecule has 4 nitrogen and oxygen atoms in total. The molecule has 0 atom stereocenters. The van der Waals surface area contributed by atoms with Crippen molar-refractivity contribution in [2.75, 3.05) is 4.43 Å². The summed E-state index contributed by atoms with van der Waals surface area (Å²) in [6.45, 7) is 0. The highest BCUT2D eigenvalue weighted by atomic mass is 127. The Kier molecular flexibility index (Phi) is 4.64. The lowest BCUT2D eigenvalue weighted by molar-refractivity contribution is -0.312. The van der Waals surface area contributed by atoms with E-state index in [1.807, 2.05) is 22.6 Å². The van der Waals surface area contributed by atoms with Crippen molar-refractivity contribution in [3.63, 3.8) is 0 Å². The highest BCUT2D eigenvalue weighted by molar-refractivity contribution is 14.1. The predicted molar refractivity (Wildman–Crippen MR) is 55.7 cm³/mol. The normalized spacial score (nSPS) is 26.9. The second-order valence-corrected chi connectivity index (χ2v) is 4.18. The Morgan fingerprint density at radius 2 is 1.86 bits per heavy atom. The minimum atomic E-state index is -0.983. The molecule has 0 saturated heterocycles. The van der Waals surface area contributed by atoms with Gasteiger partial charge < -0.3 is 14.6 Å². The van der Waals surface area contributed by atoms with Gasteiger partial charge in [-0.05, 0) is 31.6 Å². The van der Waals surface area contributed by atoms with Crippen LogP contribution in [0.4, 0.5) is 0 Å². The van der Waals surface area contributed by atoms with E-state index in [2.05, 4.69) is 0 Å². The minimum Gasteiger partial charge on any atom is -0.550 e. The Bertz CT molecular complexity index is 221. The maximum atomic E-state index is 10.9. The third-order valence-electron chi connectivity index (χ3n) is 2.41. The lowest BCUT2D eigenvalue weighted by atomic mass is 9.87. The van der Waals surface area contributed by atoms with Crippen LogP contribution >= 0.6 is 22.6 Å². The lowest BCUT2D eigenvalue weighted by Gasteiger charge is -2.28. The van der Waals surface area contributed by atoms with Crippen molar-refractivity contribution < 1.29 is 19.4 Å². The fraction of sp³-hybridized carbons (Fsp3) is 0.778. The first kappa shape index (κ1) is 11.7. The SMILES string of the molecule is O=C(CI)OC1CCC(C(=O)[O-])CC1. The molecule has 0 heterocycles. The molecule has 0 bridgehead atoms. The molecule has 0 aromatic carbocycles. The predicted octanol–water partition coefficient (Wildman–Crippen LogP) is 0.273. The van der Waals surface area contributed by atoms with E-state index in [1.54, 1.807) is 0 Å². The molecule has 1 rings (SSSR count). The number of alkyl halides is 1. The number of carbonyl (C=O) groups is 2. The second kappa shape index (κ2) is 5.53. The summed E-state index contributed by atoms with van der Waals surface area (Å²) in [7, 11) is 0. The molecule has 0 radical (unpaired) electrons. The number of hydrogen-bond donors (Lipinski definition) is 0. The minimum absolute atomic E-state index is 0.0899. The first-order valence-electron chi connectivity index (χ1n) is 4.59. The quantitative estimate of drug-likeness (QED) is 0.426. The fourth-order valence-electron chi connectivity index (χ4n) is 1.63. The number of hydrogen-bond acceptors (Lipinski definition) is 4. The van der Waals surface area contributed by atoms with Crippen LogP contribution in [0.15, 0.2) is 0 Å². The summed E-state index contributed by atoms with van der Waals surface area (Å²) in [4.78, 5) is 21.5. The first-order valence-corrected chi connectivity index (χ1v) is 6.12. The van der Waals surface area contributed by atoms with Gasteiger partial charge in [-0.15, -0.1) is 0 Å². The standard InChI is InChI=1S/C9H13IO4/c10-5-8(11)14-7-3-1-6(2-4-7)9(12)13/h6-7H,1-5H2,(H,12,13)/p-1. The van der Waals surface area contributed by atoms with E-state index in [1.165, 1.54) is 0 Å². The largest absolute Gasteiger partial charge is 0.550 e. The van der Waals surface area contributed by atoms with E-state index in [0.717, 1.165) is 0 Å². The molecule has 0 spiro atoms. The molecule has 1 aliphatic rings. The Morgan fingerprint density at radius 1 is 1.29 bits per heavy atom. The monoisotopic (exact) mass is 311 g/mol. The molecule has 0 N–H and O–H groups in total. The zero-order valence-corrected chi connectivity index (χ0v) is 9.86. The average Bonchev–Trinajstić information content (AvgIpc) is 2.18. The Morgan fingerprint density at radius 3 is 2.29 bits per heavy atom. The first-order chi connectivity index (χ1) is 6.63. The maximum Gasteiger partial charge on any atom is 0.316 e. The molecule has 0 aromatic heterocycles. The van der Waals surface area contributed by atoms with Crippen molar-refractivity contribution in [2.45, 2.75) is 31.8 Å². The molecular formula is C9H12IO4-. The molecular weight excluding hydrogens is 299 g/mol. The number of esters is 1. The zero-order chi connectivity index (χ0) is 10.6. The van der Waals surface area contributed by atoms with Crippen LogP contribution in [0.2, 0.25) is 0 Å². The number of carbonyl (C=O) groups excluding carboxylic acids is 2. The van der Waals surface area contributed by atoms with E-state index in [4.69, 9.17) is 4.74 Å². The fourth-order valence-corrected chi connectivity index (χ4v) is 1.81. The van der Waals surface area contributed by atoms with Gasteiger partial charge in [0, 0.05) is 5.97 Å². The zero-order valence-electron chi connectivity index (χ0n) is 7.70. The van der Waals surface area contributed by atoms with Gasteiger partial charge in [0.05, 0.1) is 4.43 Å². The number of halogens is 1. The summed E-state index contributed by atoms with van der Waals surface area (Å²) in [6.07, 6.45) is 2.30. The third-order valence-corrected chi connectivity index (χ3v) is 3.04. The number of rotatable bonds is 3. The topological polar surface area (TPSA) is 66.4 Å². The molecule has 0 amide bonds.